The average molecular weight is 332 g/mol. The molecule has 8 heteroatoms. The molecule has 0 spiro atoms. The number of aromatic nitrogens is 3. The fraction of sp³-hybridized carbons (Fsp3) is 0.438. The van der Waals surface area contributed by atoms with Crippen molar-refractivity contribution >= 4 is 5.96 Å². The molecule has 0 amide bonds. The van der Waals surface area contributed by atoms with Crippen LogP contribution in [0.2, 0.25) is 0 Å². The zero-order chi connectivity index (χ0) is 17.6. The van der Waals surface area contributed by atoms with E-state index in [1.807, 2.05) is 18.5 Å². The lowest BCUT2D eigenvalue weighted by molar-refractivity contribution is 0.0386. The second-order valence-corrected chi connectivity index (χ2v) is 5.66. The molecule has 0 aliphatic carbocycles. The monoisotopic (exact) mass is 332 g/mol. The van der Waals surface area contributed by atoms with Crippen molar-refractivity contribution in [1.82, 2.24) is 25.4 Å². The summed E-state index contributed by atoms with van der Waals surface area (Å²) in [5.41, 5.74) is -1.15. The summed E-state index contributed by atoms with van der Waals surface area (Å²) in [6.07, 6.45) is 3.26. The Morgan fingerprint density at radius 3 is 2.88 bits per heavy atom. The molecule has 2 heterocycles. The number of guanidine groups is 1. The standard InChI is InChI=1S/C16H24N6O2/c1-5-8-17-15(18-10-14-21-20-12(2)22(14)4)19-11-16(3,23)13-7-6-9-24-13/h5-7,9,23H,1,8,10-11H2,2-4H3,(H2,17,18,19). The third-order valence-electron chi connectivity index (χ3n) is 3.63. The highest BCUT2D eigenvalue weighted by Crippen LogP contribution is 2.19. The summed E-state index contributed by atoms with van der Waals surface area (Å²) in [6.45, 7) is 8.40. The fourth-order valence-electron chi connectivity index (χ4n) is 2.01. The van der Waals surface area contributed by atoms with E-state index in [-0.39, 0.29) is 6.54 Å². The summed E-state index contributed by atoms with van der Waals surface area (Å²) in [5.74, 6) is 2.61. The second-order valence-electron chi connectivity index (χ2n) is 5.66. The van der Waals surface area contributed by atoms with Gasteiger partial charge in [0.2, 0.25) is 0 Å². The first-order valence-corrected chi connectivity index (χ1v) is 7.68. The number of hydrogen-bond donors (Lipinski definition) is 3. The van der Waals surface area contributed by atoms with Crippen LogP contribution in [0.25, 0.3) is 0 Å². The summed E-state index contributed by atoms with van der Waals surface area (Å²) in [4.78, 5) is 4.47. The number of nitrogens with one attached hydrogen (secondary N) is 2. The minimum atomic E-state index is -1.15. The maximum atomic E-state index is 10.5. The Kier molecular flexibility index (Phi) is 5.75. The quantitative estimate of drug-likeness (QED) is 0.395. The highest BCUT2D eigenvalue weighted by Gasteiger charge is 2.26. The normalized spacial score (nSPS) is 14.2. The molecule has 0 saturated heterocycles. The summed E-state index contributed by atoms with van der Waals surface area (Å²) < 4.78 is 7.15. The molecule has 2 rings (SSSR count). The van der Waals surface area contributed by atoms with Crippen molar-refractivity contribution in [2.75, 3.05) is 13.1 Å². The van der Waals surface area contributed by atoms with Crippen LogP contribution in [0.3, 0.4) is 0 Å². The predicted octanol–water partition coefficient (Wildman–Crippen LogP) is 0.845. The summed E-state index contributed by atoms with van der Waals surface area (Å²) >= 11 is 0. The molecule has 0 radical (unpaired) electrons. The first kappa shape index (κ1) is 17.7. The third-order valence-corrected chi connectivity index (χ3v) is 3.63. The number of nitrogens with zero attached hydrogens (tertiary/aromatic N) is 4. The van der Waals surface area contributed by atoms with Crippen molar-refractivity contribution < 1.29 is 9.52 Å². The van der Waals surface area contributed by atoms with Gasteiger partial charge in [-0.05, 0) is 26.0 Å². The van der Waals surface area contributed by atoms with Gasteiger partial charge in [0.05, 0.1) is 12.8 Å². The molecule has 0 saturated carbocycles. The highest BCUT2D eigenvalue weighted by molar-refractivity contribution is 5.80. The molecular weight excluding hydrogens is 308 g/mol. The van der Waals surface area contributed by atoms with Gasteiger partial charge in [0, 0.05) is 13.6 Å². The molecule has 0 fully saturated rings. The van der Waals surface area contributed by atoms with Gasteiger partial charge in [0.1, 0.15) is 23.7 Å². The first-order chi connectivity index (χ1) is 11.4. The number of furan rings is 1. The van der Waals surface area contributed by atoms with Gasteiger partial charge in [0.25, 0.3) is 0 Å². The zero-order valence-electron chi connectivity index (χ0n) is 14.3. The van der Waals surface area contributed by atoms with Crippen LogP contribution < -0.4 is 10.6 Å². The molecule has 1 unspecified atom stereocenters. The molecule has 3 N–H and O–H groups in total. The Bertz CT molecular complexity index is 687. The van der Waals surface area contributed by atoms with Crippen molar-refractivity contribution in [2.24, 2.45) is 12.0 Å². The van der Waals surface area contributed by atoms with Crippen LogP contribution in [0.4, 0.5) is 0 Å². The van der Waals surface area contributed by atoms with E-state index in [1.54, 1.807) is 25.1 Å². The fourth-order valence-corrected chi connectivity index (χ4v) is 2.01. The maximum Gasteiger partial charge on any atom is 0.192 e. The maximum absolute atomic E-state index is 10.5. The number of hydrogen-bond acceptors (Lipinski definition) is 5. The Labute approximate surface area is 141 Å². The number of aliphatic hydroxyl groups is 1. The van der Waals surface area contributed by atoms with E-state index in [0.29, 0.717) is 24.8 Å². The van der Waals surface area contributed by atoms with Gasteiger partial charge in [-0.15, -0.1) is 16.8 Å². The predicted molar refractivity (Wildman–Crippen MR) is 91.4 cm³/mol. The van der Waals surface area contributed by atoms with Crippen LogP contribution in [-0.2, 0) is 19.2 Å². The molecule has 0 aliphatic heterocycles. The van der Waals surface area contributed by atoms with E-state index in [2.05, 4.69) is 32.4 Å². The van der Waals surface area contributed by atoms with E-state index in [0.717, 1.165) is 11.6 Å². The van der Waals surface area contributed by atoms with E-state index in [1.165, 1.54) is 6.26 Å². The average Bonchev–Trinajstić information content (AvgIpc) is 3.20. The van der Waals surface area contributed by atoms with Gasteiger partial charge in [-0.3, -0.25) is 0 Å². The van der Waals surface area contributed by atoms with Gasteiger partial charge in [0.15, 0.2) is 11.8 Å². The van der Waals surface area contributed by atoms with Crippen LogP contribution in [0.1, 0.15) is 24.3 Å². The van der Waals surface area contributed by atoms with Crippen LogP contribution in [0.15, 0.2) is 40.5 Å². The Morgan fingerprint density at radius 2 is 2.29 bits per heavy atom. The summed E-state index contributed by atoms with van der Waals surface area (Å²) in [6, 6.07) is 3.48. The molecule has 2 aromatic heterocycles. The zero-order valence-corrected chi connectivity index (χ0v) is 14.3. The lowest BCUT2D eigenvalue weighted by atomic mass is 10.0. The van der Waals surface area contributed by atoms with E-state index < -0.39 is 5.60 Å². The lowest BCUT2D eigenvalue weighted by Gasteiger charge is -2.22. The molecule has 0 aromatic carbocycles. The van der Waals surface area contributed by atoms with Crippen LogP contribution in [-0.4, -0.2) is 38.9 Å². The van der Waals surface area contributed by atoms with Gasteiger partial charge < -0.3 is 24.7 Å². The molecular formula is C16H24N6O2. The molecule has 24 heavy (non-hydrogen) atoms. The topological polar surface area (TPSA) is 100 Å². The van der Waals surface area contributed by atoms with E-state index in [9.17, 15) is 5.11 Å². The Morgan fingerprint density at radius 1 is 1.50 bits per heavy atom. The van der Waals surface area contributed by atoms with Crippen LogP contribution >= 0.6 is 0 Å². The lowest BCUT2D eigenvalue weighted by Crippen LogP contribution is -2.44. The molecule has 0 aliphatic rings. The highest BCUT2D eigenvalue weighted by atomic mass is 16.4. The Hall–Kier alpha value is -2.61. The summed E-state index contributed by atoms with van der Waals surface area (Å²) in [5, 5.41) is 24.8. The smallest absolute Gasteiger partial charge is 0.192 e. The van der Waals surface area contributed by atoms with Crippen molar-refractivity contribution in [3.05, 3.63) is 48.5 Å². The van der Waals surface area contributed by atoms with Crippen LogP contribution in [0.5, 0.6) is 0 Å². The SMILES string of the molecule is C=CCNC(=NCc1nnc(C)n1C)NCC(C)(O)c1ccco1. The van der Waals surface area contributed by atoms with Crippen molar-refractivity contribution in [3.8, 4) is 0 Å². The Balaban J connectivity index is 2.03. The van der Waals surface area contributed by atoms with E-state index >= 15 is 0 Å². The van der Waals surface area contributed by atoms with Gasteiger partial charge in [-0.25, -0.2) is 4.99 Å². The minimum absolute atomic E-state index is 0.237. The minimum Gasteiger partial charge on any atom is -0.466 e. The van der Waals surface area contributed by atoms with Gasteiger partial charge in [-0.1, -0.05) is 6.08 Å². The van der Waals surface area contributed by atoms with Crippen LogP contribution in [0, 0.1) is 6.92 Å². The van der Waals surface area contributed by atoms with Gasteiger partial charge in [-0.2, -0.15) is 0 Å². The molecule has 8 nitrogen and oxygen atoms in total. The number of aliphatic imine (C=N–C) groups is 1. The first-order valence-electron chi connectivity index (χ1n) is 7.68. The van der Waals surface area contributed by atoms with Crippen molar-refractivity contribution in [3.63, 3.8) is 0 Å². The van der Waals surface area contributed by atoms with Crippen molar-refractivity contribution in [2.45, 2.75) is 26.0 Å². The number of aryl methyl sites for hydroxylation is 1. The van der Waals surface area contributed by atoms with Crippen molar-refractivity contribution in [1.29, 1.82) is 0 Å². The number of rotatable bonds is 7. The molecule has 0 bridgehead atoms. The van der Waals surface area contributed by atoms with Gasteiger partial charge >= 0.3 is 0 Å². The molecule has 2 aromatic rings. The molecule has 130 valence electrons. The van der Waals surface area contributed by atoms with E-state index in [4.69, 9.17) is 4.42 Å². The summed E-state index contributed by atoms with van der Waals surface area (Å²) in [7, 11) is 1.89. The largest absolute Gasteiger partial charge is 0.466 e. The molecule has 1 atom stereocenters. The third kappa shape index (κ3) is 4.45. The second kappa shape index (κ2) is 7.78.